The van der Waals surface area contributed by atoms with Gasteiger partial charge in [-0.2, -0.15) is 0 Å². The Balaban J connectivity index is 2.79. The molecule has 0 fully saturated rings. The number of hydrogen-bond donors (Lipinski definition) is 1. The maximum Gasteiger partial charge on any atom is 0.246 e. The number of rotatable bonds is 2. The monoisotopic (exact) mass is 183 g/mol. The molecule has 1 aromatic rings. The van der Waals surface area contributed by atoms with E-state index in [1.807, 2.05) is 0 Å². The highest BCUT2D eigenvalue weighted by Gasteiger charge is 2.17. The van der Waals surface area contributed by atoms with Crippen molar-refractivity contribution >= 4 is 11.9 Å². The van der Waals surface area contributed by atoms with Gasteiger partial charge in [-0.3, -0.25) is 4.79 Å². The first-order valence-corrected chi connectivity index (χ1v) is 3.90. The van der Waals surface area contributed by atoms with Gasteiger partial charge in [-0.1, -0.05) is 0 Å². The van der Waals surface area contributed by atoms with E-state index >= 15 is 0 Å². The van der Waals surface area contributed by atoms with Gasteiger partial charge < -0.3 is 10.6 Å². The fraction of sp³-hybridized carbons (Fsp3) is 0.571. The van der Waals surface area contributed by atoms with E-state index in [1.165, 1.54) is 15.9 Å². The Morgan fingerprint density at radius 1 is 1.69 bits per heavy atom. The summed E-state index contributed by atoms with van der Waals surface area (Å²) in [6.45, 7) is 1.75. The highest BCUT2D eigenvalue weighted by molar-refractivity contribution is 5.79. The molecule has 0 aromatic carbocycles. The molecular weight excluding hydrogens is 170 g/mol. The van der Waals surface area contributed by atoms with Crippen LogP contribution in [0.3, 0.4) is 0 Å². The highest BCUT2D eigenvalue weighted by atomic mass is 16.2. The van der Waals surface area contributed by atoms with Crippen molar-refractivity contribution in [2.75, 3.05) is 19.8 Å². The molecule has 1 rings (SSSR count). The van der Waals surface area contributed by atoms with Crippen LogP contribution in [0.4, 0.5) is 5.95 Å². The van der Waals surface area contributed by atoms with Gasteiger partial charge in [0.2, 0.25) is 11.9 Å². The standard InChI is InChI=1S/C7H13N5O/c1-5(6(13)11(2)3)12-4-9-7(8)10-12/h4-5H,1-3H3,(H2,8,10). The molecule has 2 N–H and O–H groups in total. The topological polar surface area (TPSA) is 77.0 Å². The minimum Gasteiger partial charge on any atom is -0.367 e. The van der Waals surface area contributed by atoms with E-state index in [0.29, 0.717) is 0 Å². The fourth-order valence-corrected chi connectivity index (χ4v) is 0.962. The number of anilines is 1. The lowest BCUT2D eigenvalue weighted by Crippen LogP contribution is -2.30. The van der Waals surface area contributed by atoms with Gasteiger partial charge in [0.15, 0.2) is 0 Å². The zero-order valence-electron chi connectivity index (χ0n) is 7.93. The van der Waals surface area contributed by atoms with Gasteiger partial charge in [-0.25, -0.2) is 9.67 Å². The Bertz CT molecular complexity index is 306. The molecule has 1 atom stereocenters. The molecule has 1 amide bonds. The molecule has 13 heavy (non-hydrogen) atoms. The second-order valence-electron chi connectivity index (χ2n) is 2.99. The molecule has 6 heteroatoms. The number of aromatic nitrogens is 3. The van der Waals surface area contributed by atoms with Crippen molar-refractivity contribution in [2.24, 2.45) is 0 Å². The number of likely N-dealkylation sites (N-methyl/N-ethyl adjacent to an activating group) is 1. The maximum absolute atomic E-state index is 11.4. The molecule has 0 saturated carbocycles. The summed E-state index contributed by atoms with van der Waals surface area (Å²) >= 11 is 0. The molecule has 1 heterocycles. The van der Waals surface area contributed by atoms with Crippen LogP contribution in [0, 0.1) is 0 Å². The van der Waals surface area contributed by atoms with Crippen LogP contribution >= 0.6 is 0 Å². The zero-order chi connectivity index (χ0) is 10.0. The van der Waals surface area contributed by atoms with Crippen LogP contribution in [0.2, 0.25) is 0 Å². The van der Waals surface area contributed by atoms with Crippen LogP contribution in [-0.2, 0) is 4.79 Å². The van der Waals surface area contributed by atoms with Crippen LogP contribution in [-0.4, -0.2) is 39.7 Å². The smallest absolute Gasteiger partial charge is 0.246 e. The van der Waals surface area contributed by atoms with E-state index in [4.69, 9.17) is 5.73 Å². The Kier molecular flexibility index (Phi) is 2.50. The predicted molar refractivity (Wildman–Crippen MR) is 47.8 cm³/mol. The SMILES string of the molecule is CC(C(=O)N(C)C)n1cnc(N)n1. The molecule has 0 spiro atoms. The second-order valence-corrected chi connectivity index (χ2v) is 2.99. The number of nitrogen functional groups attached to an aromatic ring is 1. The van der Waals surface area contributed by atoms with Gasteiger partial charge in [0.25, 0.3) is 0 Å². The number of amides is 1. The van der Waals surface area contributed by atoms with Crippen molar-refractivity contribution in [1.29, 1.82) is 0 Å². The number of hydrogen-bond acceptors (Lipinski definition) is 4. The summed E-state index contributed by atoms with van der Waals surface area (Å²) in [4.78, 5) is 16.7. The third-order valence-corrected chi connectivity index (χ3v) is 1.72. The first-order valence-electron chi connectivity index (χ1n) is 3.90. The van der Waals surface area contributed by atoms with E-state index in [-0.39, 0.29) is 17.9 Å². The summed E-state index contributed by atoms with van der Waals surface area (Å²) in [6.07, 6.45) is 1.45. The lowest BCUT2D eigenvalue weighted by atomic mass is 10.3. The van der Waals surface area contributed by atoms with Crippen LogP contribution < -0.4 is 5.73 Å². The average Bonchev–Trinajstić information content (AvgIpc) is 2.49. The van der Waals surface area contributed by atoms with Crippen LogP contribution in [0.5, 0.6) is 0 Å². The van der Waals surface area contributed by atoms with E-state index in [9.17, 15) is 4.79 Å². The Morgan fingerprint density at radius 2 is 2.31 bits per heavy atom. The zero-order valence-corrected chi connectivity index (χ0v) is 7.93. The minimum absolute atomic E-state index is 0.0371. The van der Waals surface area contributed by atoms with Crippen molar-refractivity contribution in [3.05, 3.63) is 6.33 Å². The average molecular weight is 183 g/mol. The summed E-state index contributed by atoms with van der Waals surface area (Å²) in [5, 5.41) is 3.85. The summed E-state index contributed by atoms with van der Waals surface area (Å²) < 4.78 is 1.44. The molecule has 0 aliphatic heterocycles. The Hall–Kier alpha value is -1.59. The number of nitrogens with two attached hydrogens (primary N) is 1. The molecule has 1 aromatic heterocycles. The van der Waals surface area contributed by atoms with Crippen LogP contribution in [0.15, 0.2) is 6.33 Å². The van der Waals surface area contributed by atoms with Gasteiger partial charge in [0, 0.05) is 14.1 Å². The van der Waals surface area contributed by atoms with Gasteiger partial charge >= 0.3 is 0 Å². The van der Waals surface area contributed by atoms with Crippen LogP contribution in [0.1, 0.15) is 13.0 Å². The van der Waals surface area contributed by atoms with E-state index in [0.717, 1.165) is 0 Å². The van der Waals surface area contributed by atoms with Crippen molar-refractivity contribution in [1.82, 2.24) is 19.7 Å². The largest absolute Gasteiger partial charge is 0.367 e. The van der Waals surface area contributed by atoms with Crippen molar-refractivity contribution in [2.45, 2.75) is 13.0 Å². The minimum atomic E-state index is -0.361. The molecule has 0 radical (unpaired) electrons. The molecular formula is C7H13N5O. The molecule has 0 aliphatic rings. The normalized spacial score (nSPS) is 12.5. The number of nitrogens with zero attached hydrogens (tertiary/aromatic N) is 4. The molecule has 0 aliphatic carbocycles. The predicted octanol–water partition coefficient (Wildman–Crippen LogP) is -0.491. The van der Waals surface area contributed by atoms with Crippen LogP contribution in [0.25, 0.3) is 0 Å². The summed E-state index contributed by atoms with van der Waals surface area (Å²) in [5.41, 5.74) is 5.32. The number of carbonyl (C=O) groups is 1. The Labute approximate surface area is 76.3 Å². The number of carbonyl (C=O) groups excluding carboxylic acids is 1. The van der Waals surface area contributed by atoms with Crippen molar-refractivity contribution < 1.29 is 4.79 Å². The van der Waals surface area contributed by atoms with Gasteiger partial charge in [0.1, 0.15) is 12.4 Å². The van der Waals surface area contributed by atoms with Gasteiger partial charge in [0.05, 0.1) is 0 Å². The van der Waals surface area contributed by atoms with Crippen molar-refractivity contribution in [3.63, 3.8) is 0 Å². The summed E-state index contributed by atoms with van der Waals surface area (Å²) in [7, 11) is 3.39. The van der Waals surface area contributed by atoms with E-state index < -0.39 is 0 Å². The third kappa shape index (κ3) is 1.95. The third-order valence-electron chi connectivity index (χ3n) is 1.72. The van der Waals surface area contributed by atoms with E-state index in [2.05, 4.69) is 10.1 Å². The van der Waals surface area contributed by atoms with Gasteiger partial charge in [-0.05, 0) is 6.92 Å². The van der Waals surface area contributed by atoms with Gasteiger partial charge in [-0.15, -0.1) is 5.10 Å². The molecule has 0 saturated heterocycles. The lowest BCUT2D eigenvalue weighted by molar-refractivity contribution is -0.131. The first kappa shape index (κ1) is 9.50. The van der Waals surface area contributed by atoms with Crippen molar-refractivity contribution in [3.8, 4) is 0 Å². The molecule has 6 nitrogen and oxygen atoms in total. The maximum atomic E-state index is 11.4. The molecule has 72 valence electrons. The first-order chi connectivity index (χ1) is 6.02. The quantitative estimate of drug-likeness (QED) is 0.671. The summed E-state index contributed by atoms with van der Waals surface area (Å²) in [6, 6.07) is -0.361. The molecule has 1 unspecified atom stereocenters. The summed E-state index contributed by atoms with van der Waals surface area (Å²) in [5.74, 6) is 0.142. The van der Waals surface area contributed by atoms with E-state index in [1.54, 1.807) is 21.0 Å². The highest BCUT2D eigenvalue weighted by Crippen LogP contribution is 2.06. The Morgan fingerprint density at radius 3 is 2.69 bits per heavy atom. The lowest BCUT2D eigenvalue weighted by Gasteiger charge is -2.16. The second kappa shape index (κ2) is 3.42. The molecule has 0 bridgehead atoms. The fourth-order valence-electron chi connectivity index (χ4n) is 0.962.